The Balaban J connectivity index is 2.42. The second-order valence-electron chi connectivity index (χ2n) is 5.09. The fourth-order valence-corrected chi connectivity index (χ4v) is 2.04. The van der Waals surface area contributed by atoms with Gasteiger partial charge in [0.2, 0.25) is 0 Å². The van der Waals surface area contributed by atoms with Crippen molar-refractivity contribution in [1.82, 2.24) is 0 Å². The normalized spacial score (nSPS) is 12.4. The van der Waals surface area contributed by atoms with E-state index in [1.807, 2.05) is 13.0 Å². The van der Waals surface area contributed by atoms with Crippen LogP contribution in [0, 0.1) is 6.92 Å². The summed E-state index contributed by atoms with van der Waals surface area (Å²) in [6.45, 7) is 7.12. The van der Waals surface area contributed by atoms with E-state index < -0.39 is 0 Å². The lowest BCUT2D eigenvalue weighted by Crippen LogP contribution is -2.09. The molecule has 0 aromatic heterocycles. The van der Waals surface area contributed by atoms with Crippen molar-refractivity contribution in [2.75, 3.05) is 6.61 Å². The molecule has 1 atom stereocenters. The van der Waals surface area contributed by atoms with Crippen LogP contribution in [-0.2, 0) is 0 Å². The van der Waals surface area contributed by atoms with Crippen molar-refractivity contribution in [3.05, 3.63) is 29.3 Å². The molecule has 1 aromatic rings. The molecule has 102 valence electrons. The summed E-state index contributed by atoms with van der Waals surface area (Å²) in [7, 11) is 0. The summed E-state index contributed by atoms with van der Waals surface area (Å²) < 4.78 is 5.85. The minimum atomic E-state index is 0.0278. The van der Waals surface area contributed by atoms with E-state index in [2.05, 4.69) is 26.0 Å². The van der Waals surface area contributed by atoms with Gasteiger partial charge in [-0.3, -0.25) is 0 Å². The largest absolute Gasteiger partial charge is 0.493 e. The highest BCUT2D eigenvalue weighted by atomic mass is 16.5. The average molecular weight is 249 g/mol. The molecule has 0 aliphatic rings. The van der Waals surface area contributed by atoms with Gasteiger partial charge in [0.15, 0.2) is 0 Å². The highest BCUT2D eigenvalue weighted by Crippen LogP contribution is 2.25. The molecule has 0 spiro atoms. The van der Waals surface area contributed by atoms with Crippen molar-refractivity contribution in [1.29, 1.82) is 0 Å². The number of aryl methyl sites for hydroxylation is 1. The van der Waals surface area contributed by atoms with Crippen molar-refractivity contribution < 1.29 is 4.74 Å². The van der Waals surface area contributed by atoms with E-state index in [4.69, 9.17) is 10.5 Å². The Labute approximate surface area is 112 Å². The molecule has 0 saturated carbocycles. The molecule has 0 radical (unpaired) electrons. The third-order valence-corrected chi connectivity index (χ3v) is 3.16. The molecule has 2 heteroatoms. The van der Waals surface area contributed by atoms with Crippen LogP contribution in [0.1, 0.15) is 63.1 Å². The van der Waals surface area contributed by atoms with Gasteiger partial charge in [-0.15, -0.1) is 0 Å². The van der Waals surface area contributed by atoms with Crippen LogP contribution < -0.4 is 10.5 Å². The molecule has 0 heterocycles. The molecule has 18 heavy (non-hydrogen) atoms. The van der Waals surface area contributed by atoms with Crippen LogP contribution in [0.25, 0.3) is 0 Å². The van der Waals surface area contributed by atoms with E-state index >= 15 is 0 Å². The predicted molar refractivity (Wildman–Crippen MR) is 78.0 cm³/mol. The number of hydrogen-bond donors (Lipinski definition) is 1. The molecule has 0 saturated heterocycles. The van der Waals surface area contributed by atoms with Gasteiger partial charge < -0.3 is 10.5 Å². The quantitative estimate of drug-likeness (QED) is 0.695. The fourth-order valence-electron chi connectivity index (χ4n) is 2.04. The van der Waals surface area contributed by atoms with Crippen LogP contribution >= 0.6 is 0 Å². The van der Waals surface area contributed by atoms with Crippen molar-refractivity contribution in [3.63, 3.8) is 0 Å². The molecule has 0 amide bonds. The maximum absolute atomic E-state index is 5.97. The van der Waals surface area contributed by atoms with Gasteiger partial charge in [0.05, 0.1) is 6.61 Å². The molecule has 0 fully saturated rings. The van der Waals surface area contributed by atoms with Gasteiger partial charge in [-0.1, -0.05) is 50.3 Å². The SMILES string of the molecule is CCCCCCCOc1ccc(C)cc1C(C)N. The molecule has 1 aromatic carbocycles. The fraction of sp³-hybridized carbons (Fsp3) is 0.625. The van der Waals surface area contributed by atoms with Gasteiger partial charge >= 0.3 is 0 Å². The van der Waals surface area contributed by atoms with Gasteiger partial charge in [-0.25, -0.2) is 0 Å². The minimum Gasteiger partial charge on any atom is -0.493 e. The van der Waals surface area contributed by atoms with Crippen molar-refractivity contribution in [2.24, 2.45) is 5.73 Å². The summed E-state index contributed by atoms with van der Waals surface area (Å²) >= 11 is 0. The monoisotopic (exact) mass is 249 g/mol. The highest BCUT2D eigenvalue weighted by Gasteiger charge is 2.08. The zero-order valence-corrected chi connectivity index (χ0v) is 12.0. The topological polar surface area (TPSA) is 35.2 Å². The van der Waals surface area contributed by atoms with Crippen molar-refractivity contribution >= 4 is 0 Å². The Kier molecular flexibility index (Phi) is 6.81. The van der Waals surface area contributed by atoms with Crippen LogP contribution in [-0.4, -0.2) is 6.61 Å². The van der Waals surface area contributed by atoms with Crippen molar-refractivity contribution in [2.45, 2.75) is 58.9 Å². The molecule has 1 rings (SSSR count). The van der Waals surface area contributed by atoms with Crippen LogP contribution in [0.15, 0.2) is 18.2 Å². The Hall–Kier alpha value is -1.02. The lowest BCUT2D eigenvalue weighted by atomic mass is 10.1. The first-order chi connectivity index (χ1) is 8.65. The molecular weight excluding hydrogens is 222 g/mol. The number of rotatable bonds is 8. The third-order valence-electron chi connectivity index (χ3n) is 3.16. The second kappa shape index (κ2) is 8.15. The maximum atomic E-state index is 5.97. The highest BCUT2D eigenvalue weighted by molar-refractivity contribution is 5.38. The smallest absolute Gasteiger partial charge is 0.124 e. The minimum absolute atomic E-state index is 0.0278. The average Bonchev–Trinajstić information content (AvgIpc) is 2.35. The third kappa shape index (κ3) is 5.09. The first kappa shape index (κ1) is 15.0. The van der Waals surface area contributed by atoms with Crippen LogP contribution in [0.5, 0.6) is 5.75 Å². The maximum Gasteiger partial charge on any atom is 0.124 e. The van der Waals surface area contributed by atoms with Gasteiger partial charge in [0, 0.05) is 11.6 Å². The molecular formula is C16H27NO. The van der Waals surface area contributed by atoms with Crippen LogP contribution in [0.2, 0.25) is 0 Å². The van der Waals surface area contributed by atoms with E-state index in [1.165, 1.54) is 31.2 Å². The van der Waals surface area contributed by atoms with Gasteiger partial charge in [0.1, 0.15) is 5.75 Å². The summed E-state index contributed by atoms with van der Waals surface area (Å²) in [4.78, 5) is 0. The van der Waals surface area contributed by atoms with E-state index in [0.717, 1.165) is 24.3 Å². The molecule has 2 nitrogen and oxygen atoms in total. The van der Waals surface area contributed by atoms with Crippen molar-refractivity contribution in [3.8, 4) is 5.75 Å². The Morgan fingerprint density at radius 1 is 1.17 bits per heavy atom. The first-order valence-corrected chi connectivity index (χ1v) is 7.14. The summed E-state index contributed by atoms with van der Waals surface area (Å²) in [5.74, 6) is 0.950. The summed E-state index contributed by atoms with van der Waals surface area (Å²) in [5, 5.41) is 0. The molecule has 0 aliphatic carbocycles. The Morgan fingerprint density at radius 2 is 1.89 bits per heavy atom. The molecule has 1 unspecified atom stereocenters. The van der Waals surface area contributed by atoms with E-state index in [0.29, 0.717) is 0 Å². The van der Waals surface area contributed by atoms with Crippen LogP contribution in [0.3, 0.4) is 0 Å². The zero-order chi connectivity index (χ0) is 13.4. The van der Waals surface area contributed by atoms with Gasteiger partial charge in [-0.05, 0) is 26.3 Å². The number of hydrogen-bond acceptors (Lipinski definition) is 2. The van der Waals surface area contributed by atoms with E-state index in [-0.39, 0.29) is 6.04 Å². The Morgan fingerprint density at radius 3 is 2.56 bits per heavy atom. The lowest BCUT2D eigenvalue weighted by molar-refractivity contribution is 0.300. The van der Waals surface area contributed by atoms with Gasteiger partial charge in [0.25, 0.3) is 0 Å². The summed E-state index contributed by atoms with van der Waals surface area (Å²) in [5.41, 5.74) is 8.32. The lowest BCUT2D eigenvalue weighted by Gasteiger charge is -2.14. The molecule has 0 bridgehead atoms. The predicted octanol–water partition coefficient (Wildman–Crippen LogP) is 4.36. The Bertz CT molecular complexity index is 347. The number of unbranched alkanes of at least 4 members (excludes halogenated alkanes) is 4. The van der Waals surface area contributed by atoms with E-state index in [9.17, 15) is 0 Å². The van der Waals surface area contributed by atoms with Gasteiger partial charge in [-0.2, -0.15) is 0 Å². The van der Waals surface area contributed by atoms with Crippen LogP contribution in [0.4, 0.5) is 0 Å². The number of ether oxygens (including phenoxy) is 1. The second-order valence-corrected chi connectivity index (χ2v) is 5.09. The number of nitrogens with two attached hydrogens (primary N) is 1. The summed E-state index contributed by atoms with van der Waals surface area (Å²) in [6, 6.07) is 6.27. The first-order valence-electron chi connectivity index (χ1n) is 7.14. The molecule has 0 aliphatic heterocycles. The molecule has 2 N–H and O–H groups in total. The summed E-state index contributed by atoms with van der Waals surface area (Å²) in [6.07, 6.45) is 6.32. The number of benzene rings is 1. The van der Waals surface area contributed by atoms with E-state index in [1.54, 1.807) is 0 Å². The zero-order valence-electron chi connectivity index (χ0n) is 12.0. The standard InChI is InChI=1S/C16H27NO/c1-4-5-6-7-8-11-18-16-10-9-13(2)12-15(16)14(3)17/h9-10,12,14H,4-8,11,17H2,1-3H3.